The smallest absolute Gasteiger partial charge is 0.307 e. The minimum Gasteiger partial charge on any atom is -0.486 e. The number of hydrogen-bond donors (Lipinski definition) is 0. The lowest BCUT2D eigenvalue weighted by Crippen LogP contribution is -2.34. The Bertz CT molecular complexity index is 628. The van der Waals surface area contributed by atoms with Gasteiger partial charge in [-0.1, -0.05) is 6.07 Å². The van der Waals surface area contributed by atoms with Crippen molar-refractivity contribution in [1.82, 2.24) is 4.90 Å². The Balaban J connectivity index is 2.00. The Morgan fingerprint density at radius 3 is 2.64 bits per heavy atom. The second kappa shape index (κ2) is 9.68. The number of methoxy groups -OCH3 is 2. The van der Waals surface area contributed by atoms with E-state index >= 15 is 0 Å². The average molecular weight is 349 g/mol. The van der Waals surface area contributed by atoms with Crippen molar-refractivity contribution in [3.63, 3.8) is 0 Å². The Kier molecular flexibility index (Phi) is 7.28. The van der Waals surface area contributed by atoms with Gasteiger partial charge in [-0.25, -0.2) is 0 Å². The Morgan fingerprint density at radius 1 is 1.16 bits per heavy atom. The molecule has 7 heteroatoms. The zero-order valence-corrected chi connectivity index (χ0v) is 14.5. The second-order valence-corrected chi connectivity index (χ2v) is 5.38. The van der Waals surface area contributed by atoms with Crippen LogP contribution in [0.4, 0.5) is 0 Å². The van der Waals surface area contributed by atoms with Gasteiger partial charge in [0.2, 0.25) is 5.91 Å². The van der Waals surface area contributed by atoms with Crippen LogP contribution in [0.25, 0.3) is 6.08 Å². The molecule has 0 saturated heterocycles. The highest BCUT2D eigenvalue weighted by Gasteiger charge is 2.14. The number of fused-ring (bicyclic) bond motifs is 1. The summed E-state index contributed by atoms with van der Waals surface area (Å²) in [4.78, 5) is 25.2. The van der Waals surface area contributed by atoms with Crippen LogP contribution >= 0.6 is 0 Å². The topological polar surface area (TPSA) is 74.3 Å². The van der Waals surface area contributed by atoms with Crippen LogP contribution in [0.5, 0.6) is 11.5 Å². The van der Waals surface area contributed by atoms with Crippen molar-refractivity contribution in [2.45, 2.75) is 6.42 Å². The minimum atomic E-state index is -0.356. The van der Waals surface area contributed by atoms with Crippen LogP contribution in [0.15, 0.2) is 24.3 Å². The lowest BCUT2D eigenvalue weighted by Gasteiger charge is -2.20. The summed E-state index contributed by atoms with van der Waals surface area (Å²) in [7, 11) is 2.89. The molecule has 0 unspecified atom stereocenters. The Hall–Kier alpha value is -2.54. The second-order valence-electron chi connectivity index (χ2n) is 5.38. The van der Waals surface area contributed by atoms with E-state index in [4.69, 9.17) is 14.2 Å². The lowest BCUT2D eigenvalue weighted by molar-refractivity contribution is -0.141. The third kappa shape index (κ3) is 5.79. The van der Waals surface area contributed by atoms with Gasteiger partial charge >= 0.3 is 5.97 Å². The van der Waals surface area contributed by atoms with Gasteiger partial charge in [-0.15, -0.1) is 0 Å². The summed E-state index contributed by atoms with van der Waals surface area (Å²) in [5, 5.41) is 0. The minimum absolute atomic E-state index is 0.143. The fourth-order valence-corrected chi connectivity index (χ4v) is 2.30. The number of hydrogen-bond acceptors (Lipinski definition) is 6. The van der Waals surface area contributed by atoms with E-state index in [0.717, 1.165) is 5.56 Å². The lowest BCUT2D eigenvalue weighted by atomic mass is 10.1. The fourth-order valence-electron chi connectivity index (χ4n) is 2.30. The molecule has 1 aliphatic heterocycles. The van der Waals surface area contributed by atoms with E-state index < -0.39 is 0 Å². The molecule has 0 N–H and O–H groups in total. The van der Waals surface area contributed by atoms with Crippen LogP contribution in [0, 0.1) is 0 Å². The van der Waals surface area contributed by atoms with Crippen LogP contribution in [0.2, 0.25) is 0 Å². The number of amides is 1. The van der Waals surface area contributed by atoms with Gasteiger partial charge in [-0.2, -0.15) is 0 Å². The first-order valence-corrected chi connectivity index (χ1v) is 8.06. The quantitative estimate of drug-likeness (QED) is 0.523. The van der Waals surface area contributed by atoms with E-state index in [0.29, 0.717) is 37.9 Å². The van der Waals surface area contributed by atoms with Gasteiger partial charge in [-0.05, 0) is 23.8 Å². The molecule has 136 valence electrons. The highest BCUT2D eigenvalue weighted by molar-refractivity contribution is 5.92. The van der Waals surface area contributed by atoms with Crippen molar-refractivity contribution in [3.8, 4) is 11.5 Å². The van der Waals surface area contributed by atoms with E-state index in [1.807, 2.05) is 18.2 Å². The third-order valence-corrected chi connectivity index (χ3v) is 3.68. The highest BCUT2D eigenvalue weighted by atomic mass is 16.6. The first kappa shape index (κ1) is 18.8. The van der Waals surface area contributed by atoms with Gasteiger partial charge < -0.3 is 23.8 Å². The zero-order chi connectivity index (χ0) is 18.1. The molecule has 0 aliphatic carbocycles. The predicted molar refractivity (Wildman–Crippen MR) is 91.6 cm³/mol. The third-order valence-electron chi connectivity index (χ3n) is 3.68. The van der Waals surface area contributed by atoms with E-state index in [9.17, 15) is 9.59 Å². The maximum absolute atomic E-state index is 12.4. The van der Waals surface area contributed by atoms with Crippen molar-refractivity contribution in [3.05, 3.63) is 29.8 Å². The first-order chi connectivity index (χ1) is 12.1. The number of rotatable bonds is 8. The van der Waals surface area contributed by atoms with Gasteiger partial charge in [0.1, 0.15) is 13.2 Å². The van der Waals surface area contributed by atoms with E-state index in [2.05, 4.69) is 4.74 Å². The van der Waals surface area contributed by atoms with Crippen molar-refractivity contribution in [2.24, 2.45) is 0 Å². The summed E-state index contributed by atoms with van der Waals surface area (Å²) in [6, 6.07) is 5.50. The molecule has 0 aromatic heterocycles. The van der Waals surface area contributed by atoms with Crippen molar-refractivity contribution in [2.75, 3.05) is 47.1 Å². The highest BCUT2D eigenvalue weighted by Crippen LogP contribution is 2.31. The van der Waals surface area contributed by atoms with Crippen molar-refractivity contribution >= 4 is 18.0 Å². The molecule has 1 aromatic rings. The molecule has 2 rings (SSSR count). The summed E-state index contributed by atoms with van der Waals surface area (Å²) < 4.78 is 20.6. The molecule has 1 heterocycles. The number of ether oxygens (including phenoxy) is 4. The van der Waals surface area contributed by atoms with E-state index in [1.165, 1.54) is 13.2 Å². The van der Waals surface area contributed by atoms with Crippen LogP contribution in [0.1, 0.15) is 12.0 Å². The number of nitrogens with zero attached hydrogens (tertiary/aromatic N) is 1. The zero-order valence-electron chi connectivity index (χ0n) is 14.5. The Morgan fingerprint density at radius 2 is 1.92 bits per heavy atom. The van der Waals surface area contributed by atoms with Crippen LogP contribution < -0.4 is 9.47 Å². The summed E-state index contributed by atoms with van der Waals surface area (Å²) in [5.74, 6) is 0.819. The predicted octanol–water partition coefficient (Wildman–Crippen LogP) is 1.51. The largest absolute Gasteiger partial charge is 0.486 e. The maximum atomic E-state index is 12.4. The SMILES string of the molecule is COCCN(CCC(=O)OC)C(=O)/C=C/c1ccc2c(c1)OCCO2. The van der Waals surface area contributed by atoms with Gasteiger partial charge in [-0.3, -0.25) is 9.59 Å². The van der Waals surface area contributed by atoms with Crippen LogP contribution in [0.3, 0.4) is 0 Å². The normalized spacial score (nSPS) is 12.9. The van der Waals surface area contributed by atoms with E-state index in [1.54, 1.807) is 18.1 Å². The summed E-state index contributed by atoms with van der Waals surface area (Å²) in [5.41, 5.74) is 0.831. The Labute approximate surface area is 147 Å². The maximum Gasteiger partial charge on any atom is 0.307 e. The molecule has 25 heavy (non-hydrogen) atoms. The molecule has 0 saturated carbocycles. The molecule has 0 spiro atoms. The summed E-state index contributed by atoms with van der Waals surface area (Å²) >= 11 is 0. The van der Waals surface area contributed by atoms with Gasteiger partial charge in [0, 0.05) is 26.3 Å². The molecule has 1 aliphatic rings. The molecule has 0 radical (unpaired) electrons. The number of benzene rings is 1. The summed E-state index contributed by atoms with van der Waals surface area (Å²) in [6.07, 6.45) is 3.32. The van der Waals surface area contributed by atoms with Crippen LogP contribution in [-0.4, -0.2) is 63.9 Å². The molecular formula is C18H23NO6. The van der Waals surface area contributed by atoms with E-state index in [-0.39, 0.29) is 24.8 Å². The molecule has 1 aromatic carbocycles. The standard InChI is InChI=1S/C18H23NO6/c1-22-10-9-19(8-7-18(21)23-2)17(20)6-4-14-3-5-15-16(13-14)25-12-11-24-15/h3-6,13H,7-12H2,1-2H3/b6-4+. The molecule has 1 amide bonds. The average Bonchev–Trinajstić information content (AvgIpc) is 2.65. The molecule has 0 atom stereocenters. The van der Waals surface area contributed by atoms with Crippen molar-refractivity contribution in [1.29, 1.82) is 0 Å². The number of carbonyl (C=O) groups excluding carboxylic acids is 2. The van der Waals surface area contributed by atoms with Gasteiger partial charge in [0.05, 0.1) is 20.1 Å². The summed E-state index contributed by atoms with van der Waals surface area (Å²) in [6.45, 7) is 2.12. The van der Waals surface area contributed by atoms with Gasteiger partial charge in [0.25, 0.3) is 0 Å². The molecule has 0 bridgehead atoms. The molecule has 7 nitrogen and oxygen atoms in total. The molecular weight excluding hydrogens is 326 g/mol. The van der Waals surface area contributed by atoms with Gasteiger partial charge in [0.15, 0.2) is 11.5 Å². The number of carbonyl (C=O) groups is 2. The van der Waals surface area contributed by atoms with Crippen LogP contribution in [-0.2, 0) is 19.1 Å². The first-order valence-electron chi connectivity index (χ1n) is 8.06. The molecule has 0 fully saturated rings. The fraction of sp³-hybridized carbons (Fsp3) is 0.444. The van der Waals surface area contributed by atoms with Crippen molar-refractivity contribution < 1.29 is 28.5 Å². The monoisotopic (exact) mass is 349 g/mol. The number of esters is 1.